The first-order valence-corrected chi connectivity index (χ1v) is 4.99. The molecule has 1 aromatic carbocycles. The number of nitrogens with zero attached hydrogens (tertiary/aromatic N) is 1. The van der Waals surface area contributed by atoms with Crippen molar-refractivity contribution < 1.29 is 4.79 Å². The van der Waals surface area contributed by atoms with E-state index in [2.05, 4.69) is 10.2 Å². The molecular weight excluding hydrogens is 212 g/mol. The van der Waals surface area contributed by atoms with Crippen LogP contribution in [0.5, 0.6) is 0 Å². The van der Waals surface area contributed by atoms with Gasteiger partial charge in [-0.25, -0.2) is 0 Å². The van der Waals surface area contributed by atoms with Gasteiger partial charge in [0, 0.05) is 12.0 Å². The first-order valence-electron chi connectivity index (χ1n) is 4.61. The molecule has 15 heavy (non-hydrogen) atoms. The summed E-state index contributed by atoms with van der Waals surface area (Å²) in [6.07, 6.45) is 2.25. The maximum Gasteiger partial charge on any atom is 0.198 e. The average Bonchev–Trinajstić information content (AvgIpc) is 2.66. The van der Waals surface area contributed by atoms with E-state index in [1.54, 1.807) is 12.3 Å². The van der Waals surface area contributed by atoms with Gasteiger partial charge < -0.3 is 0 Å². The number of hydrogen-bond donors (Lipinski definition) is 1. The maximum atomic E-state index is 12.0. The monoisotopic (exact) mass is 218 g/mol. The number of fused-ring (bicyclic) bond motifs is 2. The summed E-state index contributed by atoms with van der Waals surface area (Å²) in [5.74, 6) is -0.0365. The van der Waals surface area contributed by atoms with Gasteiger partial charge in [-0.15, -0.1) is 0 Å². The summed E-state index contributed by atoms with van der Waals surface area (Å²) in [5.41, 5.74) is 3.09. The number of H-pyrrole nitrogens is 1. The summed E-state index contributed by atoms with van der Waals surface area (Å²) in [7, 11) is 0. The number of carbonyl (C=O) groups excluding carboxylic acids is 1. The van der Waals surface area contributed by atoms with Gasteiger partial charge in [-0.05, 0) is 11.6 Å². The van der Waals surface area contributed by atoms with Crippen LogP contribution in [0.15, 0.2) is 24.4 Å². The Balaban J connectivity index is 2.28. The van der Waals surface area contributed by atoms with Crippen LogP contribution in [0.3, 0.4) is 0 Å². The predicted molar refractivity (Wildman–Crippen MR) is 56.3 cm³/mol. The first kappa shape index (κ1) is 8.68. The molecule has 0 fully saturated rings. The number of rotatable bonds is 0. The van der Waals surface area contributed by atoms with Crippen LogP contribution in [0.25, 0.3) is 0 Å². The van der Waals surface area contributed by atoms with Crippen molar-refractivity contribution in [2.24, 2.45) is 0 Å². The number of ketones is 1. The van der Waals surface area contributed by atoms with Crippen molar-refractivity contribution in [2.75, 3.05) is 0 Å². The van der Waals surface area contributed by atoms with Gasteiger partial charge in [-0.1, -0.05) is 23.7 Å². The van der Waals surface area contributed by atoms with Crippen molar-refractivity contribution in [3.05, 3.63) is 51.8 Å². The fraction of sp³-hybridized carbons (Fsp3) is 0.0909. The summed E-state index contributed by atoms with van der Waals surface area (Å²) in [6, 6.07) is 5.52. The average molecular weight is 219 g/mol. The third-order valence-electron chi connectivity index (χ3n) is 2.66. The molecule has 3 rings (SSSR count). The Kier molecular flexibility index (Phi) is 1.70. The van der Waals surface area contributed by atoms with Crippen LogP contribution in [-0.4, -0.2) is 16.0 Å². The normalized spacial score (nSPS) is 13.5. The zero-order chi connectivity index (χ0) is 10.4. The predicted octanol–water partition coefficient (Wildman–Crippen LogP) is 2.20. The lowest BCUT2D eigenvalue weighted by Gasteiger charge is -2.15. The van der Waals surface area contributed by atoms with E-state index in [0.29, 0.717) is 22.6 Å². The van der Waals surface area contributed by atoms with Gasteiger partial charge in [0.1, 0.15) is 0 Å². The van der Waals surface area contributed by atoms with Crippen molar-refractivity contribution in [2.45, 2.75) is 6.42 Å². The minimum absolute atomic E-state index is 0.0365. The number of halogens is 1. The molecule has 74 valence electrons. The van der Waals surface area contributed by atoms with Gasteiger partial charge in [0.2, 0.25) is 0 Å². The van der Waals surface area contributed by atoms with Gasteiger partial charge in [-0.3, -0.25) is 9.89 Å². The summed E-state index contributed by atoms with van der Waals surface area (Å²) in [6.45, 7) is 0. The molecule has 1 aliphatic rings. The Morgan fingerprint density at radius 3 is 3.13 bits per heavy atom. The van der Waals surface area contributed by atoms with Crippen molar-refractivity contribution >= 4 is 17.4 Å². The molecule has 0 amide bonds. The van der Waals surface area contributed by atoms with Crippen molar-refractivity contribution in [3.63, 3.8) is 0 Å². The van der Waals surface area contributed by atoms with E-state index in [-0.39, 0.29) is 5.78 Å². The molecule has 0 bridgehead atoms. The Hall–Kier alpha value is -1.61. The molecule has 3 nitrogen and oxygen atoms in total. The van der Waals surface area contributed by atoms with E-state index in [1.807, 2.05) is 12.1 Å². The highest BCUT2D eigenvalue weighted by Gasteiger charge is 2.26. The van der Waals surface area contributed by atoms with E-state index in [9.17, 15) is 4.79 Å². The van der Waals surface area contributed by atoms with E-state index in [0.717, 1.165) is 11.3 Å². The number of hydrogen-bond acceptors (Lipinski definition) is 2. The van der Waals surface area contributed by atoms with Crippen LogP contribution in [0.2, 0.25) is 5.02 Å². The van der Waals surface area contributed by atoms with Gasteiger partial charge in [-0.2, -0.15) is 5.10 Å². The number of benzene rings is 1. The van der Waals surface area contributed by atoms with Crippen LogP contribution < -0.4 is 0 Å². The molecule has 1 aromatic heterocycles. The summed E-state index contributed by atoms with van der Waals surface area (Å²) >= 11 is 6.02. The molecule has 0 radical (unpaired) electrons. The van der Waals surface area contributed by atoms with Gasteiger partial charge >= 0.3 is 0 Å². The largest absolute Gasteiger partial charge is 0.288 e. The van der Waals surface area contributed by atoms with Crippen LogP contribution in [0, 0.1) is 0 Å². The second-order valence-corrected chi connectivity index (χ2v) is 3.95. The standard InChI is InChI=1S/C11H7ClN2O/c12-8-3-1-2-6-4-9-7(5-13-14-9)11(15)10(6)8/h1-3,5H,4H2,(H,13,14). The van der Waals surface area contributed by atoms with Gasteiger partial charge in [0.25, 0.3) is 0 Å². The molecule has 4 heteroatoms. The lowest BCUT2D eigenvalue weighted by atomic mass is 9.89. The molecule has 0 aliphatic heterocycles. The minimum Gasteiger partial charge on any atom is -0.288 e. The number of nitrogens with one attached hydrogen (secondary N) is 1. The Morgan fingerprint density at radius 1 is 1.40 bits per heavy atom. The highest BCUT2D eigenvalue weighted by atomic mass is 35.5. The Morgan fingerprint density at radius 2 is 2.27 bits per heavy atom. The molecule has 0 unspecified atom stereocenters. The SMILES string of the molecule is O=C1c2cn[nH]c2Cc2cccc(Cl)c21. The van der Waals surface area contributed by atoms with Crippen LogP contribution >= 0.6 is 11.6 Å². The molecule has 0 atom stereocenters. The van der Waals surface area contributed by atoms with Crippen molar-refractivity contribution in [1.82, 2.24) is 10.2 Å². The lowest BCUT2D eigenvalue weighted by Crippen LogP contribution is -2.14. The third-order valence-corrected chi connectivity index (χ3v) is 2.97. The zero-order valence-electron chi connectivity index (χ0n) is 7.75. The van der Waals surface area contributed by atoms with E-state index in [1.165, 1.54) is 0 Å². The van der Waals surface area contributed by atoms with Gasteiger partial charge in [0.05, 0.1) is 22.5 Å². The molecule has 0 saturated carbocycles. The quantitative estimate of drug-likeness (QED) is 0.629. The van der Waals surface area contributed by atoms with Crippen LogP contribution in [0.4, 0.5) is 0 Å². The first-order chi connectivity index (χ1) is 7.27. The fourth-order valence-electron chi connectivity index (χ4n) is 1.94. The van der Waals surface area contributed by atoms with E-state index in [4.69, 9.17) is 11.6 Å². The topological polar surface area (TPSA) is 45.8 Å². The minimum atomic E-state index is -0.0365. The third kappa shape index (κ3) is 1.13. The Labute approximate surface area is 91.1 Å². The highest BCUT2D eigenvalue weighted by molar-refractivity contribution is 6.35. The van der Waals surface area contributed by atoms with E-state index >= 15 is 0 Å². The summed E-state index contributed by atoms with van der Waals surface area (Å²) in [4.78, 5) is 12.0. The summed E-state index contributed by atoms with van der Waals surface area (Å²) in [5, 5.41) is 7.23. The Bertz CT molecular complexity index is 559. The highest BCUT2D eigenvalue weighted by Crippen LogP contribution is 2.30. The van der Waals surface area contributed by atoms with Gasteiger partial charge in [0.15, 0.2) is 5.78 Å². The number of aromatic nitrogens is 2. The zero-order valence-corrected chi connectivity index (χ0v) is 8.51. The molecular formula is C11H7ClN2O. The number of carbonyl (C=O) groups is 1. The molecule has 1 N–H and O–H groups in total. The molecule has 2 aromatic rings. The molecule has 0 saturated heterocycles. The lowest BCUT2D eigenvalue weighted by molar-refractivity contribution is 0.103. The van der Waals surface area contributed by atoms with Crippen molar-refractivity contribution in [1.29, 1.82) is 0 Å². The second-order valence-electron chi connectivity index (χ2n) is 3.54. The van der Waals surface area contributed by atoms with Crippen LogP contribution in [0.1, 0.15) is 27.2 Å². The number of aromatic amines is 1. The summed E-state index contributed by atoms with van der Waals surface area (Å²) < 4.78 is 0. The molecule has 0 spiro atoms. The molecule has 1 aliphatic carbocycles. The van der Waals surface area contributed by atoms with Crippen LogP contribution in [-0.2, 0) is 6.42 Å². The fourth-order valence-corrected chi connectivity index (χ4v) is 2.22. The molecule has 1 heterocycles. The van der Waals surface area contributed by atoms with E-state index < -0.39 is 0 Å². The smallest absolute Gasteiger partial charge is 0.198 e. The second kappa shape index (κ2) is 2.94. The van der Waals surface area contributed by atoms with Crippen molar-refractivity contribution in [3.8, 4) is 0 Å². The maximum absolute atomic E-state index is 12.0.